The van der Waals surface area contributed by atoms with Crippen molar-refractivity contribution in [2.24, 2.45) is 0 Å². The number of amides is 1. The van der Waals surface area contributed by atoms with Gasteiger partial charge in [-0.25, -0.2) is 0 Å². The lowest BCUT2D eigenvalue weighted by atomic mass is 9.97. The molecule has 10 nitrogen and oxygen atoms in total. The number of anilines is 1. The van der Waals surface area contributed by atoms with E-state index in [4.69, 9.17) is 9.47 Å². The summed E-state index contributed by atoms with van der Waals surface area (Å²) in [7, 11) is 1.30. The number of aryl methyl sites for hydroxylation is 1. The van der Waals surface area contributed by atoms with Gasteiger partial charge in [-0.1, -0.05) is 11.3 Å². The Hall–Kier alpha value is -4.48. The Bertz CT molecular complexity index is 1680. The van der Waals surface area contributed by atoms with E-state index in [0.717, 1.165) is 41.3 Å². The Morgan fingerprint density at radius 1 is 1.21 bits per heavy atom. The van der Waals surface area contributed by atoms with Crippen LogP contribution < -0.4 is 15.6 Å². The first kappa shape index (κ1) is 26.1. The van der Waals surface area contributed by atoms with E-state index in [0.29, 0.717) is 10.7 Å². The molecule has 0 spiro atoms. The van der Waals surface area contributed by atoms with E-state index in [1.165, 1.54) is 17.9 Å². The molecule has 1 saturated heterocycles. The molecule has 39 heavy (non-hydrogen) atoms. The molecule has 1 amide bonds. The van der Waals surface area contributed by atoms with E-state index >= 15 is 0 Å². The van der Waals surface area contributed by atoms with Crippen LogP contribution in [0.5, 0.6) is 5.75 Å². The first-order valence-corrected chi connectivity index (χ1v) is 12.2. The zero-order valence-corrected chi connectivity index (χ0v) is 21.2. The fourth-order valence-electron chi connectivity index (χ4n) is 3.80. The molecular formula is C25H19F3N6O4S. The number of ether oxygens (including phenoxy) is 2. The van der Waals surface area contributed by atoms with Crippen LogP contribution in [0.1, 0.15) is 38.4 Å². The van der Waals surface area contributed by atoms with Crippen molar-refractivity contribution in [1.82, 2.24) is 25.0 Å². The Morgan fingerprint density at radius 2 is 2.00 bits per heavy atom. The van der Waals surface area contributed by atoms with Gasteiger partial charge >= 0.3 is 6.18 Å². The summed E-state index contributed by atoms with van der Waals surface area (Å²) in [4.78, 5) is 26.2. The summed E-state index contributed by atoms with van der Waals surface area (Å²) >= 11 is 0.983. The molecule has 1 fully saturated rings. The van der Waals surface area contributed by atoms with Crippen molar-refractivity contribution in [3.8, 4) is 28.7 Å². The second-order valence-electron chi connectivity index (χ2n) is 8.50. The smallest absolute Gasteiger partial charge is 0.416 e. The van der Waals surface area contributed by atoms with Crippen molar-refractivity contribution in [2.75, 3.05) is 25.6 Å². The second-order valence-corrected chi connectivity index (χ2v) is 9.48. The summed E-state index contributed by atoms with van der Waals surface area (Å²) in [5, 5.41) is 17.5. The van der Waals surface area contributed by atoms with Crippen LogP contribution in [0.15, 0.2) is 41.3 Å². The monoisotopic (exact) mass is 556 g/mol. The average Bonchev–Trinajstić information content (AvgIpc) is 3.49. The first-order chi connectivity index (χ1) is 18.6. The quantitative estimate of drug-likeness (QED) is 0.360. The molecule has 0 atom stereocenters. The molecule has 0 saturated carbocycles. The molecule has 4 heterocycles. The summed E-state index contributed by atoms with van der Waals surface area (Å²) < 4.78 is 52.5. The lowest BCUT2D eigenvalue weighted by Gasteiger charge is -2.29. The summed E-state index contributed by atoms with van der Waals surface area (Å²) in [5.41, 5.74) is -0.209. The molecule has 3 aromatic heterocycles. The summed E-state index contributed by atoms with van der Waals surface area (Å²) in [6, 6.07) is 5.44. The number of methoxy groups -OCH3 is 1. The number of rotatable bonds is 5. The van der Waals surface area contributed by atoms with Crippen LogP contribution in [0.25, 0.3) is 11.1 Å². The van der Waals surface area contributed by atoms with Crippen molar-refractivity contribution in [3.63, 3.8) is 0 Å². The summed E-state index contributed by atoms with van der Waals surface area (Å²) in [6.45, 7) is 2.35. The second kappa shape index (κ2) is 10.4. The van der Waals surface area contributed by atoms with Crippen molar-refractivity contribution < 1.29 is 27.4 Å². The van der Waals surface area contributed by atoms with Gasteiger partial charge in [-0.05, 0) is 43.0 Å². The average molecular weight is 557 g/mol. The van der Waals surface area contributed by atoms with Gasteiger partial charge in [0.25, 0.3) is 11.5 Å². The van der Waals surface area contributed by atoms with Crippen LogP contribution in [0, 0.1) is 18.8 Å². The third-order valence-corrected chi connectivity index (χ3v) is 6.56. The molecule has 1 aliphatic heterocycles. The number of carbonyl (C=O) groups excluding carboxylic acids is 1. The molecule has 14 heteroatoms. The SMILES string of the molecule is COc1ccc(C(F)(F)F)cc1-c1cn(C2COC2)c(=O)cc1C(=O)Nc1nnc(C#Cc2cc(C)[nH]n2)s1. The molecule has 1 aliphatic rings. The first-order valence-electron chi connectivity index (χ1n) is 11.4. The zero-order chi connectivity index (χ0) is 27.7. The van der Waals surface area contributed by atoms with E-state index in [1.54, 1.807) is 6.07 Å². The van der Waals surface area contributed by atoms with Gasteiger partial charge in [-0.3, -0.25) is 20.0 Å². The number of carbonyl (C=O) groups is 1. The van der Waals surface area contributed by atoms with Crippen LogP contribution in [-0.2, 0) is 10.9 Å². The minimum atomic E-state index is -4.64. The molecule has 2 N–H and O–H groups in total. The Balaban J connectivity index is 1.53. The van der Waals surface area contributed by atoms with Gasteiger partial charge in [0.2, 0.25) is 5.13 Å². The number of halogens is 3. The number of nitrogens with one attached hydrogen (secondary N) is 2. The third-order valence-electron chi connectivity index (χ3n) is 5.81. The molecule has 0 radical (unpaired) electrons. The maximum Gasteiger partial charge on any atom is 0.416 e. The fourth-order valence-corrected chi connectivity index (χ4v) is 4.40. The topological polar surface area (TPSA) is 124 Å². The van der Waals surface area contributed by atoms with E-state index in [-0.39, 0.29) is 46.8 Å². The fraction of sp³-hybridized carbons (Fsp3) is 0.240. The number of hydrogen-bond acceptors (Lipinski definition) is 8. The number of hydrogen-bond donors (Lipinski definition) is 2. The number of aromatic nitrogens is 5. The number of H-pyrrole nitrogens is 1. The van der Waals surface area contributed by atoms with Crippen LogP contribution >= 0.6 is 11.3 Å². The lowest BCUT2D eigenvalue weighted by Crippen LogP contribution is -2.37. The largest absolute Gasteiger partial charge is 0.496 e. The minimum absolute atomic E-state index is 0.00965. The maximum atomic E-state index is 13.6. The van der Waals surface area contributed by atoms with Crippen molar-refractivity contribution >= 4 is 22.4 Å². The molecule has 4 aromatic rings. The molecule has 0 bridgehead atoms. The third kappa shape index (κ3) is 5.54. The van der Waals surface area contributed by atoms with Gasteiger partial charge in [-0.2, -0.15) is 18.3 Å². The van der Waals surface area contributed by atoms with Crippen LogP contribution in [0.4, 0.5) is 18.3 Å². The summed E-state index contributed by atoms with van der Waals surface area (Å²) in [6.07, 6.45) is -3.29. The van der Waals surface area contributed by atoms with Crippen molar-refractivity contribution in [1.29, 1.82) is 0 Å². The van der Waals surface area contributed by atoms with E-state index in [9.17, 15) is 22.8 Å². The lowest BCUT2D eigenvalue weighted by molar-refractivity contribution is -0.137. The predicted molar refractivity (Wildman–Crippen MR) is 135 cm³/mol. The van der Waals surface area contributed by atoms with E-state index in [2.05, 4.69) is 37.6 Å². The Kier molecular flexibility index (Phi) is 6.94. The van der Waals surface area contributed by atoms with Gasteiger partial charge in [0.1, 0.15) is 11.4 Å². The van der Waals surface area contributed by atoms with E-state index < -0.39 is 23.2 Å². The normalized spacial score (nSPS) is 13.4. The Labute approximate surface area is 222 Å². The molecule has 1 aromatic carbocycles. The van der Waals surface area contributed by atoms with Crippen LogP contribution in [0.2, 0.25) is 0 Å². The molecule has 200 valence electrons. The highest BCUT2D eigenvalue weighted by Crippen LogP contribution is 2.38. The molecule has 5 rings (SSSR count). The van der Waals surface area contributed by atoms with Crippen LogP contribution in [0.3, 0.4) is 0 Å². The minimum Gasteiger partial charge on any atom is -0.496 e. The highest BCUT2D eigenvalue weighted by atomic mass is 32.1. The van der Waals surface area contributed by atoms with Gasteiger partial charge in [0.05, 0.1) is 37.5 Å². The zero-order valence-electron chi connectivity index (χ0n) is 20.4. The molecular weight excluding hydrogens is 537 g/mol. The molecule has 0 unspecified atom stereocenters. The summed E-state index contributed by atoms with van der Waals surface area (Å²) in [5.74, 6) is 4.94. The molecule has 0 aliphatic carbocycles. The van der Waals surface area contributed by atoms with Crippen molar-refractivity contribution in [2.45, 2.75) is 19.1 Å². The predicted octanol–water partition coefficient (Wildman–Crippen LogP) is 3.65. The van der Waals surface area contributed by atoms with Gasteiger partial charge in [-0.15, -0.1) is 10.2 Å². The number of pyridine rings is 1. The van der Waals surface area contributed by atoms with Gasteiger partial charge < -0.3 is 14.0 Å². The van der Waals surface area contributed by atoms with E-state index in [1.807, 2.05) is 6.92 Å². The van der Waals surface area contributed by atoms with Crippen molar-refractivity contribution in [3.05, 3.63) is 74.4 Å². The standard InChI is InChI=1S/C25H19F3N6O4S/c1-13-7-15(31-30-13)4-6-21-32-33-24(39-21)29-23(36)18-9-22(35)34(16-11-38-12-16)10-19(18)17-8-14(25(26,27)28)3-5-20(17)37-2/h3,5,7-10,16H,11-12H2,1-2H3,(H,30,31)(H,29,33,36). The highest BCUT2D eigenvalue weighted by molar-refractivity contribution is 7.15. The van der Waals surface area contributed by atoms with Gasteiger partial charge in [0, 0.05) is 29.1 Å². The Morgan fingerprint density at radius 3 is 2.64 bits per heavy atom. The highest BCUT2D eigenvalue weighted by Gasteiger charge is 2.32. The number of benzene rings is 1. The van der Waals surface area contributed by atoms with Crippen LogP contribution in [-0.4, -0.2) is 51.2 Å². The number of alkyl halides is 3. The number of nitrogens with zero attached hydrogens (tertiary/aromatic N) is 4. The maximum absolute atomic E-state index is 13.6. The number of aromatic amines is 1. The van der Waals surface area contributed by atoms with Gasteiger partial charge in [0.15, 0.2) is 5.01 Å².